The number of nitrogen functional groups attached to an aromatic ring is 1. The van der Waals surface area contributed by atoms with Gasteiger partial charge in [-0.05, 0) is 17.7 Å². The molecular weight excluding hydrogens is 644 g/mol. The number of pyridine rings is 1. The molecule has 2 aromatic heterocycles. The first-order valence-corrected chi connectivity index (χ1v) is 13.9. The smallest absolute Gasteiger partial charge is 0.275 e. The van der Waals surface area contributed by atoms with E-state index in [9.17, 15) is 50.4 Å². The zero-order valence-electron chi connectivity index (χ0n) is 25.1. The Balaban J connectivity index is 1.99. The van der Waals surface area contributed by atoms with Gasteiger partial charge in [-0.25, -0.2) is 15.8 Å². The van der Waals surface area contributed by atoms with Gasteiger partial charge < -0.3 is 61.5 Å². The van der Waals surface area contributed by atoms with Crippen LogP contribution in [0.25, 0.3) is 22.2 Å². The minimum absolute atomic E-state index is 0.0614. The maximum absolute atomic E-state index is 13.4. The molecule has 7 unspecified atom stereocenters. The lowest BCUT2D eigenvalue weighted by Gasteiger charge is -2.23. The average Bonchev–Trinajstić information content (AvgIpc) is 3.08. The second-order valence-corrected chi connectivity index (χ2v) is 10.1. The van der Waals surface area contributed by atoms with Gasteiger partial charge in [-0.3, -0.25) is 14.6 Å². The second-order valence-electron chi connectivity index (χ2n) is 10.1. The number of anilines is 2. The van der Waals surface area contributed by atoms with Gasteiger partial charge in [0.2, 0.25) is 5.95 Å². The highest BCUT2D eigenvalue weighted by Gasteiger charge is 2.30. The molecule has 0 spiro atoms. The van der Waals surface area contributed by atoms with Crippen LogP contribution >= 0.6 is 0 Å². The Morgan fingerprint density at radius 3 is 1.96 bits per heavy atom. The van der Waals surface area contributed by atoms with E-state index in [2.05, 4.69) is 36.0 Å². The lowest BCUT2D eigenvalue weighted by Crippen LogP contribution is -2.46. The quantitative estimate of drug-likeness (QED) is 0.0495. The third-order valence-corrected chi connectivity index (χ3v) is 6.84. The molecular formula is C27H36N8O13. The Morgan fingerprint density at radius 1 is 0.896 bits per heavy atom. The van der Waals surface area contributed by atoms with Crippen LogP contribution in [-0.2, 0) is 0 Å². The van der Waals surface area contributed by atoms with Gasteiger partial charge in [-0.1, -0.05) is 12.1 Å². The zero-order valence-corrected chi connectivity index (χ0v) is 25.1. The van der Waals surface area contributed by atoms with Crippen LogP contribution in [0.15, 0.2) is 39.3 Å². The molecule has 8 atom stereocenters. The molecule has 15 N–H and O–H groups in total. The van der Waals surface area contributed by atoms with E-state index in [4.69, 9.17) is 20.7 Å². The topological polar surface area (TPSA) is 362 Å². The monoisotopic (exact) mass is 680 g/mol. The Labute approximate surface area is 269 Å². The van der Waals surface area contributed by atoms with E-state index >= 15 is 0 Å². The second kappa shape index (κ2) is 16.9. The van der Waals surface area contributed by atoms with Crippen molar-refractivity contribution in [1.29, 1.82) is 0 Å². The molecule has 2 heterocycles. The fraction of sp³-hybridized carbons (Fsp3) is 0.407. The van der Waals surface area contributed by atoms with Gasteiger partial charge in [-0.15, -0.1) is 0 Å². The summed E-state index contributed by atoms with van der Waals surface area (Å²) in [6, 6.07) is 6.07. The summed E-state index contributed by atoms with van der Waals surface area (Å²) in [4.78, 5) is 37.3. The number of nitrogens with zero attached hydrogens (tertiary/aromatic N) is 4. The standard InChI is InChI=1S/C27H36N8O13/c1-48-11-4-2-10(3-5-11)16-17(26(47)34-29-6-12(38)19(42)21(44)14(40)8-36)23(28)31-24-18(16)25(46)33-27(32-24)35-30-7-13(39)20(43)22(45)15(41)9-37/h2-7,12-15,19-22,36-45H,8-9H2,1H3,(H,34,47)(H4,28,31,32,33,35,46)/b29-6+,30-7+/t12?,13-,14?,15?,19?,20?,21?,22?/m0/s1. The van der Waals surface area contributed by atoms with Crippen LogP contribution in [0.5, 0.6) is 5.75 Å². The molecule has 3 aromatic rings. The van der Waals surface area contributed by atoms with Crippen molar-refractivity contribution in [3.05, 3.63) is 40.2 Å². The molecule has 0 aliphatic carbocycles. The molecule has 0 aliphatic heterocycles. The number of aliphatic hydroxyl groups is 10. The molecule has 0 aliphatic rings. The minimum Gasteiger partial charge on any atom is -0.497 e. The van der Waals surface area contributed by atoms with Crippen molar-refractivity contribution in [3.8, 4) is 16.9 Å². The van der Waals surface area contributed by atoms with Crippen LogP contribution in [0.2, 0.25) is 0 Å². The number of rotatable bonds is 16. The summed E-state index contributed by atoms with van der Waals surface area (Å²) in [7, 11) is 1.42. The lowest BCUT2D eigenvalue weighted by molar-refractivity contribution is -0.0999. The van der Waals surface area contributed by atoms with E-state index in [1.54, 1.807) is 0 Å². The largest absolute Gasteiger partial charge is 0.497 e. The molecule has 262 valence electrons. The highest BCUT2D eigenvalue weighted by Crippen LogP contribution is 2.33. The lowest BCUT2D eigenvalue weighted by atomic mass is 9.96. The summed E-state index contributed by atoms with van der Waals surface area (Å²) in [5, 5.41) is 103. The Kier molecular flexibility index (Phi) is 13.3. The molecule has 0 fully saturated rings. The van der Waals surface area contributed by atoms with Crippen molar-refractivity contribution in [2.45, 2.75) is 48.8 Å². The molecule has 1 aromatic carbocycles. The van der Waals surface area contributed by atoms with E-state index in [0.717, 1.165) is 0 Å². The Morgan fingerprint density at radius 2 is 1.44 bits per heavy atom. The van der Waals surface area contributed by atoms with Crippen molar-refractivity contribution in [2.75, 3.05) is 31.5 Å². The first-order chi connectivity index (χ1) is 22.7. The molecule has 0 radical (unpaired) electrons. The van der Waals surface area contributed by atoms with E-state index in [1.807, 2.05) is 0 Å². The van der Waals surface area contributed by atoms with Gasteiger partial charge in [0.15, 0.2) is 5.65 Å². The number of carbonyl (C=O) groups is 1. The summed E-state index contributed by atoms with van der Waals surface area (Å²) in [6.45, 7) is -1.79. The van der Waals surface area contributed by atoms with Crippen LogP contribution in [0.1, 0.15) is 10.4 Å². The van der Waals surface area contributed by atoms with Crippen LogP contribution < -0.4 is 26.9 Å². The molecule has 0 bridgehead atoms. The number of aromatic nitrogens is 3. The average molecular weight is 681 g/mol. The van der Waals surface area contributed by atoms with Gasteiger partial charge in [0.1, 0.15) is 60.4 Å². The number of ether oxygens (including phenoxy) is 1. The van der Waals surface area contributed by atoms with Gasteiger partial charge in [-0.2, -0.15) is 15.2 Å². The number of fused-ring (bicyclic) bond motifs is 1. The number of amides is 1. The number of aromatic amines is 1. The molecule has 48 heavy (non-hydrogen) atoms. The fourth-order valence-electron chi connectivity index (χ4n) is 4.17. The first kappa shape index (κ1) is 37.8. The number of methoxy groups -OCH3 is 1. The maximum atomic E-state index is 13.4. The first-order valence-electron chi connectivity index (χ1n) is 13.9. The SMILES string of the molecule is COc1ccc(-c2c(C(=O)N/N=C/C(O)C(O)C(O)C(O)CO)c(N)nc3nc(N/N=C/[C@H](O)C(O)C(O)C(O)CO)[nH]c(=O)c23)cc1. The van der Waals surface area contributed by atoms with E-state index in [1.165, 1.54) is 31.4 Å². The van der Waals surface area contributed by atoms with Gasteiger partial charge in [0.25, 0.3) is 11.5 Å². The van der Waals surface area contributed by atoms with Crippen molar-refractivity contribution in [2.24, 2.45) is 10.2 Å². The maximum Gasteiger partial charge on any atom is 0.275 e. The third kappa shape index (κ3) is 8.81. The minimum atomic E-state index is -1.99. The molecule has 0 saturated carbocycles. The van der Waals surface area contributed by atoms with E-state index < -0.39 is 79.3 Å². The molecule has 21 nitrogen and oxygen atoms in total. The Hall–Kier alpha value is -4.68. The van der Waals surface area contributed by atoms with Crippen LogP contribution in [0.4, 0.5) is 11.8 Å². The van der Waals surface area contributed by atoms with E-state index in [-0.39, 0.29) is 33.7 Å². The van der Waals surface area contributed by atoms with Crippen molar-refractivity contribution < 1.29 is 60.6 Å². The highest BCUT2D eigenvalue weighted by molar-refractivity contribution is 6.11. The number of carbonyl (C=O) groups excluding carboxylic acids is 1. The Bertz CT molecular complexity index is 1660. The van der Waals surface area contributed by atoms with Crippen molar-refractivity contribution >= 4 is 41.1 Å². The summed E-state index contributed by atoms with van der Waals surface area (Å²) < 4.78 is 5.17. The zero-order chi connectivity index (χ0) is 35.7. The number of nitrogens with two attached hydrogens (primary N) is 1. The molecule has 21 heteroatoms. The normalized spacial score (nSPS) is 17.1. The number of benzene rings is 1. The molecule has 3 rings (SSSR count). The van der Waals surface area contributed by atoms with Gasteiger partial charge in [0.05, 0.1) is 43.7 Å². The van der Waals surface area contributed by atoms with Crippen molar-refractivity contribution in [3.63, 3.8) is 0 Å². The predicted octanol–water partition coefficient (Wildman–Crippen LogP) is -5.44. The number of H-pyrrole nitrogens is 1. The number of hydrogen-bond donors (Lipinski definition) is 14. The summed E-state index contributed by atoms with van der Waals surface area (Å²) >= 11 is 0. The van der Waals surface area contributed by atoms with Crippen molar-refractivity contribution in [1.82, 2.24) is 20.4 Å². The summed E-state index contributed by atoms with van der Waals surface area (Å²) in [6.07, 6.45) is -13.7. The van der Waals surface area contributed by atoms with Gasteiger partial charge in [0, 0.05) is 5.56 Å². The predicted molar refractivity (Wildman–Crippen MR) is 167 cm³/mol. The third-order valence-electron chi connectivity index (χ3n) is 6.84. The molecule has 1 amide bonds. The van der Waals surface area contributed by atoms with Crippen LogP contribution in [0, 0.1) is 0 Å². The summed E-state index contributed by atoms with van der Waals surface area (Å²) in [5.41, 5.74) is 9.21. The fourth-order valence-corrected chi connectivity index (χ4v) is 4.17. The summed E-state index contributed by atoms with van der Waals surface area (Å²) in [5.74, 6) is -1.37. The van der Waals surface area contributed by atoms with Crippen LogP contribution in [0.3, 0.4) is 0 Å². The van der Waals surface area contributed by atoms with E-state index in [0.29, 0.717) is 18.2 Å². The van der Waals surface area contributed by atoms with Crippen LogP contribution in [-0.4, -0.2) is 154 Å². The number of hydrogen-bond acceptors (Lipinski definition) is 19. The number of nitrogens with one attached hydrogen (secondary N) is 3. The van der Waals surface area contributed by atoms with Gasteiger partial charge >= 0.3 is 0 Å². The highest BCUT2D eigenvalue weighted by atomic mass is 16.5. The number of aliphatic hydroxyl groups excluding tert-OH is 10. The number of hydrazone groups is 2. The molecule has 0 saturated heterocycles.